The highest BCUT2D eigenvalue weighted by Gasteiger charge is 2.14. The van der Waals surface area contributed by atoms with Crippen LogP contribution in [-0.4, -0.2) is 16.3 Å². The topological polar surface area (TPSA) is 43.8 Å². The molecule has 0 fully saturated rings. The van der Waals surface area contributed by atoms with Gasteiger partial charge in [-0.1, -0.05) is 20.8 Å². The van der Waals surface area contributed by atoms with Crippen LogP contribution in [0.5, 0.6) is 0 Å². The zero-order valence-electron chi connectivity index (χ0n) is 11.0. The Hall–Kier alpha value is -0.830. The predicted molar refractivity (Wildman–Crippen MR) is 68.4 cm³/mol. The molecule has 1 rings (SSSR count). The van der Waals surface area contributed by atoms with Gasteiger partial charge in [0, 0.05) is 12.2 Å². The number of hydrogen-bond donors (Lipinski definition) is 1. The lowest BCUT2D eigenvalue weighted by Gasteiger charge is -2.18. The van der Waals surface area contributed by atoms with E-state index in [4.69, 9.17) is 5.73 Å². The number of aromatic nitrogens is 2. The van der Waals surface area contributed by atoms with Crippen molar-refractivity contribution in [3.8, 4) is 0 Å². The van der Waals surface area contributed by atoms with E-state index in [1.165, 1.54) is 11.4 Å². The molecule has 0 amide bonds. The minimum Gasteiger partial charge on any atom is -0.330 e. The summed E-state index contributed by atoms with van der Waals surface area (Å²) in [5, 5.41) is 4.57. The molecule has 3 nitrogen and oxygen atoms in total. The Balaban J connectivity index is 2.75. The minimum atomic E-state index is 0.574. The second-order valence-electron chi connectivity index (χ2n) is 4.69. The summed E-state index contributed by atoms with van der Waals surface area (Å²) in [7, 11) is 0. The fraction of sp³-hybridized carbons (Fsp3) is 0.769. The molecule has 0 aliphatic heterocycles. The molecule has 0 aliphatic carbocycles. The molecule has 2 unspecified atom stereocenters. The molecule has 0 spiro atoms. The van der Waals surface area contributed by atoms with Crippen molar-refractivity contribution in [2.24, 2.45) is 17.6 Å². The zero-order chi connectivity index (χ0) is 12.1. The fourth-order valence-electron chi connectivity index (χ4n) is 1.89. The lowest BCUT2D eigenvalue weighted by molar-refractivity contribution is 0.383. The molecule has 16 heavy (non-hydrogen) atoms. The summed E-state index contributed by atoms with van der Waals surface area (Å²) >= 11 is 0. The van der Waals surface area contributed by atoms with Crippen LogP contribution in [0.1, 0.15) is 39.1 Å². The summed E-state index contributed by atoms with van der Waals surface area (Å²) < 4.78 is 2.12. The molecule has 1 aromatic rings. The molecule has 0 bridgehead atoms. The van der Waals surface area contributed by atoms with Crippen molar-refractivity contribution >= 4 is 0 Å². The van der Waals surface area contributed by atoms with Gasteiger partial charge in [-0.3, -0.25) is 4.68 Å². The van der Waals surface area contributed by atoms with E-state index in [1.807, 2.05) is 0 Å². The maximum atomic E-state index is 5.71. The number of nitrogens with two attached hydrogens (primary N) is 1. The summed E-state index contributed by atoms with van der Waals surface area (Å²) in [5.74, 6) is 1.20. The van der Waals surface area contributed by atoms with Crippen LogP contribution in [0.4, 0.5) is 0 Å². The molecule has 0 radical (unpaired) electrons. The fourth-order valence-corrected chi connectivity index (χ4v) is 1.89. The maximum absolute atomic E-state index is 5.71. The van der Waals surface area contributed by atoms with Crippen LogP contribution >= 0.6 is 0 Å². The molecular formula is C13H25N3. The smallest absolute Gasteiger partial charge is 0.0624 e. The van der Waals surface area contributed by atoms with E-state index in [2.05, 4.69) is 43.5 Å². The first-order valence-electron chi connectivity index (χ1n) is 6.37. The molecule has 0 aliphatic rings. The van der Waals surface area contributed by atoms with E-state index in [0.717, 1.165) is 25.9 Å². The predicted octanol–water partition coefficient (Wildman–Crippen LogP) is 2.24. The zero-order valence-corrected chi connectivity index (χ0v) is 11.0. The summed E-state index contributed by atoms with van der Waals surface area (Å²) in [4.78, 5) is 0. The van der Waals surface area contributed by atoms with Crippen LogP contribution in [0.15, 0.2) is 6.07 Å². The Morgan fingerprint density at radius 1 is 1.31 bits per heavy atom. The molecule has 1 aromatic heterocycles. The molecule has 0 aromatic carbocycles. The first kappa shape index (κ1) is 13.2. The Kier molecular flexibility index (Phi) is 5.00. The Morgan fingerprint density at radius 2 is 2.00 bits per heavy atom. The van der Waals surface area contributed by atoms with Crippen LogP contribution < -0.4 is 5.73 Å². The normalized spacial score (nSPS) is 15.1. The maximum Gasteiger partial charge on any atom is 0.0624 e. The van der Waals surface area contributed by atoms with Gasteiger partial charge in [0.1, 0.15) is 0 Å². The van der Waals surface area contributed by atoms with Gasteiger partial charge in [-0.05, 0) is 44.2 Å². The highest BCUT2D eigenvalue weighted by Crippen LogP contribution is 2.17. The number of nitrogens with zero attached hydrogens (tertiary/aromatic N) is 2. The van der Waals surface area contributed by atoms with Crippen molar-refractivity contribution in [3.63, 3.8) is 0 Å². The van der Waals surface area contributed by atoms with Crippen molar-refractivity contribution in [2.45, 2.75) is 47.1 Å². The largest absolute Gasteiger partial charge is 0.330 e. The van der Waals surface area contributed by atoms with Gasteiger partial charge in [0.2, 0.25) is 0 Å². The summed E-state index contributed by atoms with van der Waals surface area (Å²) in [5.41, 5.74) is 8.26. The second kappa shape index (κ2) is 6.04. The monoisotopic (exact) mass is 223 g/mol. The van der Waals surface area contributed by atoms with Gasteiger partial charge in [-0.25, -0.2) is 0 Å². The van der Waals surface area contributed by atoms with Crippen LogP contribution in [0.25, 0.3) is 0 Å². The van der Waals surface area contributed by atoms with Crippen LogP contribution in [-0.2, 0) is 19.4 Å². The third kappa shape index (κ3) is 3.08. The third-order valence-electron chi connectivity index (χ3n) is 3.45. The quantitative estimate of drug-likeness (QED) is 0.803. The van der Waals surface area contributed by atoms with Gasteiger partial charge < -0.3 is 5.73 Å². The van der Waals surface area contributed by atoms with Crippen molar-refractivity contribution < 1.29 is 0 Å². The van der Waals surface area contributed by atoms with E-state index < -0.39 is 0 Å². The second-order valence-corrected chi connectivity index (χ2v) is 4.69. The number of hydrogen-bond acceptors (Lipinski definition) is 2. The standard InChI is InChI=1S/C13H25N3/c1-5-12-8-13(16(6-2)15-12)7-10(3)11(4)9-14/h8,10-11H,5-7,9,14H2,1-4H3. The molecule has 2 N–H and O–H groups in total. The third-order valence-corrected chi connectivity index (χ3v) is 3.45. The van der Waals surface area contributed by atoms with E-state index in [-0.39, 0.29) is 0 Å². The Labute approximate surface area is 99.0 Å². The van der Waals surface area contributed by atoms with Gasteiger partial charge in [0.15, 0.2) is 0 Å². The molecule has 1 heterocycles. The first-order chi connectivity index (χ1) is 7.62. The van der Waals surface area contributed by atoms with Crippen LogP contribution in [0.3, 0.4) is 0 Å². The van der Waals surface area contributed by atoms with E-state index in [0.29, 0.717) is 11.8 Å². The lowest BCUT2D eigenvalue weighted by Crippen LogP contribution is -2.21. The summed E-state index contributed by atoms with van der Waals surface area (Å²) in [6.07, 6.45) is 2.10. The lowest BCUT2D eigenvalue weighted by atomic mass is 9.91. The van der Waals surface area contributed by atoms with Crippen molar-refractivity contribution in [3.05, 3.63) is 17.5 Å². The average molecular weight is 223 g/mol. The van der Waals surface area contributed by atoms with Gasteiger partial charge in [-0.2, -0.15) is 5.10 Å². The summed E-state index contributed by atoms with van der Waals surface area (Å²) in [6.45, 7) is 10.5. The Morgan fingerprint density at radius 3 is 2.50 bits per heavy atom. The number of aryl methyl sites for hydroxylation is 2. The molecule has 3 heteroatoms. The SMILES string of the molecule is CCc1cc(CC(C)C(C)CN)n(CC)n1. The van der Waals surface area contributed by atoms with Gasteiger partial charge in [0.05, 0.1) is 5.69 Å². The molecule has 2 atom stereocenters. The average Bonchev–Trinajstić information content (AvgIpc) is 2.70. The van der Waals surface area contributed by atoms with E-state index in [1.54, 1.807) is 0 Å². The van der Waals surface area contributed by atoms with Crippen molar-refractivity contribution in [1.29, 1.82) is 0 Å². The number of rotatable bonds is 6. The highest BCUT2D eigenvalue weighted by molar-refractivity contribution is 5.11. The Bertz CT molecular complexity index is 317. The molecule has 0 saturated carbocycles. The van der Waals surface area contributed by atoms with Crippen LogP contribution in [0, 0.1) is 11.8 Å². The van der Waals surface area contributed by atoms with Crippen LogP contribution in [0.2, 0.25) is 0 Å². The van der Waals surface area contributed by atoms with Gasteiger partial charge in [0.25, 0.3) is 0 Å². The van der Waals surface area contributed by atoms with E-state index >= 15 is 0 Å². The van der Waals surface area contributed by atoms with E-state index in [9.17, 15) is 0 Å². The van der Waals surface area contributed by atoms with Crippen molar-refractivity contribution in [2.75, 3.05) is 6.54 Å². The first-order valence-corrected chi connectivity index (χ1v) is 6.37. The molecular weight excluding hydrogens is 198 g/mol. The minimum absolute atomic E-state index is 0.574. The highest BCUT2D eigenvalue weighted by atomic mass is 15.3. The molecule has 92 valence electrons. The van der Waals surface area contributed by atoms with Gasteiger partial charge in [-0.15, -0.1) is 0 Å². The summed E-state index contributed by atoms with van der Waals surface area (Å²) in [6, 6.07) is 2.24. The van der Waals surface area contributed by atoms with Gasteiger partial charge >= 0.3 is 0 Å². The van der Waals surface area contributed by atoms with Crippen molar-refractivity contribution in [1.82, 2.24) is 9.78 Å². The molecule has 0 saturated heterocycles.